The van der Waals surface area contributed by atoms with Crippen LogP contribution in [0.4, 0.5) is 0 Å². The van der Waals surface area contributed by atoms with Crippen LogP contribution in [-0.4, -0.2) is 9.03 Å². The molecule has 8 aromatic carbocycles. The van der Waals surface area contributed by atoms with E-state index in [1.54, 1.807) is 0 Å². The Morgan fingerprint density at radius 2 is 0.861 bits per heavy atom. The van der Waals surface area contributed by atoms with Crippen molar-refractivity contribution in [2.75, 3.05) is 0 Å². The molecule has 12 aromatic rings. The highest BCUT2D eigenvalue weighted by atomic mass is 16.3. The van der Waals surface area contributed by atoms with Crippen LogP contribution in [0.1, 0.15) is 101 Å². The smallest absolute Gasteiger partial charge is 0.283 e. The van der Waals surface area contributed by atoms with Gasteiger partial charge in [-0.25, -0.2) is 4.52 Å². The molecule has 0 saturated heterocycles. The number of hydrogen-bond donors (Lipinski definition) is 0. The maximum absolute atomic E-state index is 15.2. The summed E-state index contributed by atoms with van der Waals surface area (Å²) in [6, 6.07) is 51.7. The number of fused-ring (bicyclic) bond motifs is 15. The van der Waals surface area contributed by atoms with Crippen LogP contribution in [0.3, 0.4) is 0 Å². The Kier molecular flexibility index (Phi) is 7.75. The predicted molar refractivity (Wildman–Crippen MR) is 292 cm³/mol. The molecule has 6 aliphatic carbocycles. The fraction of sp³-hybridized carbons (Fsp3) is 0.242. The van der Waals surface area contributed by atoms with E-state index >= 15 is 9.59 Å². The Bertz CT molecular complexity index is 4520. The van der Waals surface area contributed by atoms with E-state index in [-0.39, 0.29) is 32.8 Å². The van der Waals surface area contributed by atoms with E-state index in [0.29, 0.717) is 16.3 Å². The molecule has 0 spiro atoms. The minimum atomic E-state index is -0.316. The molecule has 0 unspecified atom stereocenters. The highest BCUT2D eigenvalue weighted by Crippen LogP contribution is 2.58. The van der Waals surface area contributed by atoms with Gasteiger partial charge in [-0.1, -0.05) is 113 Å². The molecule has 0 radical (unpaired) electrons. The average molecular weight is 937 g/mol. The molecule has 72 heavy (non-hydrogen) atoms. The normalized spacial score (nSPS) is 23.4. The van der Waals surface area contributed by atoms with Crippen molar-refractivity contribution in [3.63, 3.8) is 0 Å². The molecule has 2 fully saturated rings. The Hall–Kier alpha value is -7.70. The summed E-state index contributed by atoms with van der Waals surface area (Å²) >= 11 is 0. The Morgan fingerprint density at radius 1 is 0.347 bits per heavy atom. The van der Waals surface area contributed by atoms with Crippen LogP contribution in [-0.2, 0) is 21.7 Å². The lowest BCUT2D eigenvalue weighted by atomic mass is 9.52. The van der Waals surface area contributed by atoms with Gasteiger partial charge >= 0.3 is 0 Å². The quantitative estimate of drug-likeness (QED) is 0.176. The molecule has 4 bridgehead atoms. The van der Waals surface area contributed by atoms with Crippen molar-refractivity contribution < 1.29 is 8.83 Å². The Morgan fingerprint density at radius 3 is 1.57 bits per heavy atom. The van der Waals surface area contributed by atoms with Crippen LogP contribution in [0.25, 0.3) is 110 Å². The molecule has 0 amide bonds. The molecule has 350 valence electrons. The largest absolute Gasteiger partial charge is 0.456 e. The summed E-state index contributed by atoms with van der Waals surface area (Å²) in [6.45, 7) is 9.78. The molecule has 18 rings (SSSR count). The van der Waals surface area contributed by atoms with Gasteiger partial charge in [0.25, 0.3) is 11.1 Å². The van der Waals surface area contributed by atoms with E-state index in [1.165, 1.54) is 78.1 Å². The van der Waals surface area contributed by atoms with Crippen LogP contribution >= 0.6 is 0 Å². The molecule has 6 nitrogen and oxygen atoms in total. The van der Waals surface area contributed by atoms with E-state index in [1.807, 2.05) is 47.0 Å². The summed E-state index contributed by atoms with van der Waals surface area (Å²) < 4.78 is 16.0. The third-order valence-corrected chi connectivity index (χ3v) is 19.3. The maximum atomic E-state index is 15.2. The second kappa shape index (κ2) is 13.6. The molecule has 0 atom stereocenters. The predicted octanol–water partition coefficient (Wildman–Crippen LogP) is 16.2. The van der Waals surface area contributed by atoms with Gasteiger partial charge in [0.2, 0.25) is 0 Å². The van der Waals surface area contributed by atoms with Gasteiger partial charge in [0.15, 0.2) is 0 Å². The molecule has 6 aliphatic rings. The standard InChI is InChI=1S/C66H52N2O4/c1-63-22-26-65(3,27-23-63)51-34-39(12-17-49(51)63)42-33-45(41-13-18-50-52(35-41)66(4)28-24-64(50,2)25-29-66)60-54(36-42)67-53-19-14-40(32-47(53)61(69)68(67)62(60)70)43-9-7-11-58-59(43)48-31-38(16-21-57(48)72-58)37-15-20-56-46(30-37)44-8-5-6-10-55(44)71-56/h5-21,30-36H,22-29H2,1-4H3. The topological polar surface area (TPSA) is 69.2 Å². The van der Waals surface area contributed by atoms with Crippen molar-refractivity contribution in [3.05, 3.63) is 189 Å². The second-order valence-electron chi connectivity index (χ2n) is 23.4. The summed E-state index contributed by atoms with van der Waals surface area (Å²) in [4.78, 5) is 30.3. The third-order valence-electron chi connectivity index (χ3n) is 19.3. The van der Waals surface area contributed by atoms with Crippen molar-refractivity contribution in [2.24, 2.45) is 0 Å². The fourth-order valence-corrected chi connectivity index (χ4v) is 14.7. The SMILES string of the molecule is CC12CCC(C)(CC1)c1cc(-c3cc(-c4ccc5c(c4)C4(C)CCC5(C)CC4)c4c(=O)n5c(=O)c6cc(-c7cccc8oc9ccc(-c%10ccc%11oc%12ccccc%12c%11c%10)cc9c78)ccc6n5c4c3)ccc12. The number of nitrogens with zero attached hydrogens (tertiary/aromatic N) is 2. The van der Waals surface area contributed by atoms with Crippen molar-refractivity contribution in [1.82, 2.24) is 9.03 Å². The number of furan rings is 2. The first kappa shape index (κ1) is 41.0. The molecule has 6 heteroatoms. The summed E-state index contributed by atoms with van der Waals surface area (Å²) in [5, 5.41) is 5.23. The molecular weight excluding hydrogens is 885 g/mol. The van der Waals surface area contributed by atoms with Gasteiger partial charge in [-0.05, 0) is 200 Å². The van der Waals surface area contributed by atoms with Crippen LogP contribution in [0.2, 0.25) is 0 Å². The van der Waals surface area contributed by atoms with Crippen molar-refractivity contribution in [2.45, 2.75) is 101 Å². The van der Waals surface area contributed by atoms with E-state index in [2.05, 4.69) is 131 Å². The first-order valence-electron chi connectivity index (χ1n) is 26.1. The molecule has 4 aromatic heterocycles. The average Bonchev–Trinajstić information content (AvgIpc) is 4.14. The first-order chi connectivity index (χ1) is 34.9. The van der Waals surface area contributed by atoms with E-state index in [0.717, 1.165) is 93.9 Å². The zero-order valence-electron chi connectivity index (χ0n) is 41.0. The van der Waals surface area contributed by atoms with E-state index in [4.69, 9.17) is 8.83 Å². The lowest BCUT2D eigenvalue weighted by Gasteiger charge is -2.52. The van der Waals surface area contributed by atoms with Gasteiger partial charge in [-0.3, -0.25) is 9.59 Å². The fourth-order valence-electron chi connectivity index (χ4n) is 14.7. The molecule has 2 saturated carbocycles. The lowest BCUT2D eigenvalue weighted by molar-refractivity contribution is 0.188. The number of benzene rings is 8. The minimum Gasteiger partial charge on any atom is -0.456 e. The third kappa shape index (κ3) is 5.29. The summed E-state index contributed by atoms with van der Waals surface area (Å²) in [5.41, 5.74) is 18.8. The number of para-hydroxylation sites is 1. The zero-order valence-corrected chi connectivity index (χ0v) is 41.0. The Balaban J connectivity index is 0.889. The maximum Gasteiger partial charge on any atom is 0.283 e. The monoisotopic (exact) mass is 936 g/mol. The van der Waals surface area contributed by atoms with Crippen LogP contribution in [0.15, 0.2) is 164 Å². The minimum absolute atomic E-state index is 0.105. The first-order valence-corrected chi connectivity index (χ1v) is 26.1. The summed E-state index contributed by atoms with van der Waals surface area (Å²) in [6.07, 6.45) is 9.63. The van der Waals surface area contributed by atoms with Gasteiger partial charge in [0.1, 0.15) is 22.3 Å². The number of rotatable bonds is 4. The van der Waals surface area contributed by atoms with Gasteiger partial charge in [0, 0.05) is 21.5 Å². The summed E-state index contributed by atoms with van der Waals surface area (Å²) in [7, 11) is 0. The van der Waals surface area contributed by atoms with Crippen LogP contribution in [0.5, 0.6) is 0 Å². The zero-order chi connectivity index (χ0) is 48.2. The van der Waals surface area contributed by atoms with Gasteiger partial charge < -0.3 is 8.83 Å². The van der Waals surface area contributed by atoms with Gasteiger partial charge in [0.05, 0.1) is 21.8 Å². The van der Waals surface area contributed by atoms with E-state index in [9.17, 15) is 0 Å². The molecular formula is C66H52N2O4. The highest BCUT2D eigenvalue weighted by Gasteiger charge is 2.49. The molecule has 0 N–H and O–H groups in total. The van der Waals surface area contributed by atoms with Crippen molar-refractivity contribution >= 4 is 65.7 Å². The highest BCUT2D eigenvalue weighted by molar-refractivity contribution is 6.14. The Labute approximate surface area is 415 Å². The van der Waals surface area contributed by atoms with Gasteiger partial charge in [-0.15, -0.1) is 0 Å². The van der Waals surface area contributed by atoms with Crippen LogP contribution in [0, 0.1) is 0 Å². The van der Waals surface area contributed by atoms with E-state index < -0.39 is 0 Å². The van der Waals surface area contributed by atoms with Crippen molar-refractivity contribution in [3.8, 4) is 44.5 Å². The summed E-state index contributed by atoms with van der Waals surface area (Å²) in [5.74, 6) is 0. The lowest BCUT2D eigenvalue weighted by Crippen LogP contribution is -2.44. The number of hydrogen-bond acceptors (Lipinski definition) is 4. The van der Waals surface area contributed by atoms with Crippen LogP contribution < -0.4 is 11.1 Å². The second-order valence-corrected chi connectivity index (χ2v) is 23.4. The molecule has 0 aliphatic heterocycles. The van der Waals surface area contributed by atoms with Crippen molar-refractivity contribution in [1.29, 1.82) is 0 Å². The van der Waals surface area contributed by atoms with Gasteiger partial charge in [-0.2, -0.15) is 4.52 Å². The number of aromatic nitrogens is 2. The molecule has 4 heterocycles.